The van der Waals surface area contributed by atoms with Gasteiger partial charge in [-0.15, -0.1) is 0 Å². The van der Waals surface area contributed by atoms with E-state index in [1.54, 1.807) is 19.1 Å². The Kier molecular flexibility index (Phi) is 11.4. The van der Waals surface area contributed by atoms with Crippen molar-refractivity contribution < 1.29 is 24.5 Å². The number of nitrogens with one attached hydrogen (secondary N) is 1. The Balaban J connectivity index is 1.77. The van der Waals surface area contributed by atoms with E-state index in [-0.39, 0.29) is 30.1 Å². The van der Waals surface area contributed by atoms with Crippen LogP contribution in [0.5, 0.6) is 5.75 Å². The third-order valence-electron chi connectivity index (χ3n) is 7.72. The molecule has 42 heavy (non-hydrogen) atoms. The number of aryl methyl sites for hydroxylation is 1. The minimum absolute atomic E-state index is 0.00567. The highest BCUT2D eigenvalue weighted by Crippen LogP contribution is 2.24. The average molecular weight is 578 g/mol. The molecule has 0 saturated heterocycles. The molecule has 0 saturated carbocycles. The number of anilines is 1. The summed E-state index contributed by atoms with van der Waals surface area (Å²) in [7, 11) is 0. The Morgan fingerprint density at radius 3 is 2.57 bits per heavy atom. The highest BCUT2D eigenvalue weighted by atomic mass is 16.5. The number of benzene rings is 1. The molecule has 9 nitrogen and oxygen atoms in total. The first kappa shape index (κ1) is 32.5. The summed E-state index contributed by atoms with van der Waals surface area (Å²) < 4.78 is 6.83. The molecule has 1 heterocycles. The van der Waals surface area contributed by atoms with E-state index in [2.05, 4.69) is 37.3 Å². The van der Waals surface area contributed by atoms with Gasteiger partial charge in [0, 0.05) is 23.6 Å². The van der Waals surface area contributed by atoms with Crippen molar-refractivity contribution in [1.29, 1.82) is 0 Å². The fourth-order valence-corrected chi connectivity index (χ4v) is 5.17. The lowest BCUT2D eigenvalue weighted by atomic mass is 9.88. The average Bonchev–Trinajstić information content (AvgIpc) is 2.94. The van der Waals surface area contributed by atoms with E-state index in [4.69, 9.17) is 9.84 Å². The van der Waals surface area contributed by atoms with Gasteiger partial charge in [0.25, 0.3) is 0 Å². The van der Waals surface area contributed by atoms with E-state index in [1.165, 1.54) is 10.6 Å². The van der Waals surface area contributed by atoms with Crippen molar-refractivity contribution in [3.8, 4) is 5.75 Å². The van der Waals surface area contributed by atoms with Crippen LogP contribution in [0.4, 0.5) is 5.82 Å². The van der Waals surface area contributed by atoms with Crippen molar-refractivity contribution in [3.05, 3.63) is 75.2 Å². The first-order valence-electron chi connectivity index (χ1n) is 14.5. The smallest absolute Gasteiger partial charge is 0.350 e. The number of aromatic nitrogens is 2. The summed E-state index contributed by atoms with van der Waals surface area (Å²) in [5.74, 6) is -0.177. The predicted molar refractivity (Wildman–Crippen MR) is 165 cm³/mol. The molecule has 5 unspecified atom stereocenters. The Bertz CT molecular complexity index is 1480. The zero-order chi connectivity index (χ0) is 31.0. The van der Waals surface area contributed by atoms with Gasteiger partial charge in [0.15, 0.2) is 5.78 Å². The van der Waals surface area contributed by atoms with E-state index in [9.17, 15) is 19.5 Å². The second-order valence-electron chi connectivity index (χ2n) is 11.2. The number of hydrogen-bond donors (Lipinski definition) is 3. The summed E-state index contributed by atoms with van der Waals surface area (Å²) >= 11 is 0. The van der Waals surface area contributed by atoms with Gasteiger partial charge in [0.05, 0.1) is 18.1 Å². The summed E-state index contributed by atoms with van der Waals surface area (Å²) in [6, 6.07) is 6.74. The van der Waals surface area contributed by atoms with Crippen LogP contribution < -0.4 is 26.3 Å². The van der Waals surface area contributed by atoms with Crippen LogP contribution in [0.25, 0.3) is 12.7 Å². The summed E-state index contributed by atoms with van der Waals surface area (Å²) in [5, 5.41) is 23.9. The lowest BCUT2D eigenvalue weighted by Crippen LogP contribution is -2.53. The van der Waals surface area contributed by atoms with Crippen molar-refractivity contribution in [2.24, 2.45) is 11.8 Å². The maximum absolute atomic E-state index is 13.3. The monoisotopic (exact) mass is 577 g/mol. The highest BCUT2D eigenvalue weighted by molar-refractivity contribution is 5.94. The Hall–Kier alpha value is -3.98. The van der Waals surface area contributed by atoms with Gasteiger partial charge in [0.1, 0.15) is 17.6 Å². The van der Waals surface area contributed by atoms with Crippen LogP contribution in [0.3, 0.4) is 0 Å². The maximum atomic E-state index is 13.3. The third-order valence-corrected chi connectivity index (χ3v) is 7.72. The topological polar surface area (TPSA) is 131 Å². The van der Waals surface area contributed by atoms with Crippen LogP contribution in [0.2, 0.25) is 0 Å². The minimum atomic E-state index is -1.09. The van der Waals surface area contributed by atoms with E-state index in [0.29, 0.717) is 35.2 Å². The summed E-state index contributed by atoms with van der Waals surface area (Å²) in [4.78, 5) is 41.0. The van der Waals surface area contributed by atoms with Gasteiger partial charge in [-0.25, -0.2) is 4.79 Å². The number of nitrogens with zero attached hydrogens (tertiary/aromatic N) is 2. The fourth-order valence-electron chi connectivity index (χ4n) is 5.17. The number of carboxylic acids is 1. The van der Waals surface area contributed by atoms with E-state index < -0.39 is 23.8 Å². The molecule has 9 heteroatoms. The second kappa shape index (κ2) is 14.8. The molecule has 5 atom stereocenters. The van der Waals surface area contributed by atoms with Crippen molar-refractivity contribution in [2.45, 2.75) is 78.0 Å². The molecule has 3 rings (SSSR count). The molecule has 0 fully saturated rings. The quantitative estimate of drug-likeness (QED) is 0.291. The van der Waals surface area contributed by atoms with Gasteiger partial charge in [-0.3, -0.25) is 14.2 Å². The number of carboxylic acid groups (broad SMARTS) is 1. The predicted octanol–water partition coefficient (Wildman–Crippen LogP) is 3.39. The van der Waals surface area contributed by atoms with Crippen LogP contribution in [-0.4, -0.2) is 50.3 Å². The normalized spacial score (nSPS) is 20.3. The Labute approximate surface area is 247 Å². The molecular weight excluding hydrogens is 534 g/mol. The van der Waals surface area contributed by atoms with Gasteiger partial charge >= 0.3 is 11.7 Å². The van der Waals surface area contributed by atoms with Crippen molar-refractivity contribution in [2.75, 3.05) is 11.9 Å². The number of aliphatic hydroxyl groups is 1. The van der Waals surface area contributed by atoms with Crippen molar-refractivity contribution >= 4 is 30.2 Å². The summed E-state index contributed by atoms with van der Waals surface area (Å²) in [5.41, 5.74) is 1.24. The van der Waals surface area contributed by atoms with Gasteiger partial charge < -0.3 is 20.3 Å². The number of aliphatic hydroxyl groups excluding tert-OH is 1. The van der Waals surface area contributed by atoms with Gasteiger partial charge in [-0.05, 0) is 68.4 Å². The molecule has 1 aliphatic carbocycles. The number of aliphatic carboxylic acids is 1. The van der Waals surface area contributed by atoms with Crippen LogP contribution in [0.15, 0.2) is 53.4 Å². The van der Waals surface area contributed by atoms with Gasteiger partial charge in [-0.1, -0.05) is 57.7 Å². The number of ketones is 1. The first-order chi connectivity index (χ1) is 19.9. The summed E-state index contributed by atoms with van der Waals surface area (Å²) in [6.45, 7) is 16.3. The van der Waals surface area contributed by atoms with Crippen LogP contribution in [0.1, 0.15) is 65.0 Å². The molecule has 0 radical (unpaired) electrons. The number of hydrogen-bond acceptors (Lipinski definition) is 7. The van der Waals surface area contributed by atoms with E-state index >= 15 is 0 Å². The zero-order valence-corrected chi connectivity index (χ0v) is 25.0. The van der Waals surface area contributed by atoms with Gasteiger partial charge in [-0.2, -0.15) is 4.98 Å². The number of carbonyl (C=O) groups is 2. The first-order valence-corrected chi connectivity index (χ1v) is 14.5. The third kappa shape index (κ3) is 8.28. The largest absolute Gasteiger partial charge is 0.494 e. The van der Waals surface area contributed by atoms with Gasteiger partial charge in [0.2, 0.25) is 0 Å². The highest BCUT2D eigenvalue weighted by Gasteiger charge is 2.35. The molecule has 0 aliphatic heterocycles. The number of ether oxygens (including phenoxy) is 1. The molecular formula is C33H43N3O6. The second-order valence-corrected chi connectivity index (χ2v) is 11.2. The lowest BCUT2D eigenvalue weighted by Gasteiger charge is -2.30. The zero-order valence-electron chi connectivity index (χ0n) is 25.0. The lowest BCUT2D eigenvalue weighted by molar-refractivity contribution is -0.137. The van der Waals surface area contributed by atoms with Crippen molar-refractivity contribution in [1.82, 2.24) is 9.55 Å². The van der Waals surface area contributed by atoms with Crippen molar-refractivity contribution in [3.63, 3.8) is 0 Å². The maximum Gasteiger partial charge on any atom is 0.350 e. The number of carbonyl (C=O) groups excluding carboxylic acids is 1. The minimum Gasteiger partial charge on any atom is -0.494 e. The standard InChI is InChI=1S/C33H43N3O6/c1-7-27(21(4)10-12-24-13-15-25(16-14-24)42-18-8-9-29(38)39)34-32-26(19-20(2)3)23(6)36(33(41)35-32)30-28(37)17-11-22(5)31(30)40/h11,13-17,19,21-22,27,30-31,40H,2,6-10,12,18H2,1,3-5H3,(H,38,39)(H,34,35,41)/b26-19-. The molecule has 2 aromatic rings. The summed E-state index contributed by atoms with van der Waals surface area (Å²) in [6.07, 6.45) is 6.81. The van der Waals surface area contributed by atoms with Crippen LogP contribution in [-0.2, 0) is 16.0 Å². The number of allylic oxidation sites excluding steroid dienone is 2. The van der Waals surface area contributed by atoms with E-state index in [1.807, 2.05) is 31.2 Å². The fraction of sp³-hybridized carbons (Fsp3) is 0.455. The molecule has 0 spiro atoms. The SMILES string of the molecule is C=C(C)/C=c1\c(NC(CC)C(C)CCc2ccc(OCCCC(=O)O)cc2)nc(=O)n(C2C(=O)C=CC(C)C2O)c1=C. The molecule has 1 aromatic heterocycles. The molecule has 3 N–H and O–H groups in total. The number of rotatable bonds is 14. The molecule has 0 amide bonds. The molecule has 226 valence electrons. The molecule has 0 bridgehead atoms. The molecule has 1 aromatic carbocycles. The van der Waals surface area contributed by atoms with Crippen LogP contribution in [0, 0.1) is 11.8 Å². The van der Waals surface area contributed by atoms with E-state index in [0.717, 1.165) is 30.4 Å². The molecule has 1 aliphatic rings. The Morgan fingerprint density at radius 1 is 1.26 bits per heavy atom. The Morgan fingerprint density at radius 2 is 1.95 bits per heavy atom. The van der Waals surface area contributed by atoms with Crippen LogP contribution >= 0.6 is 0 Å².